The molecule has 1 unspecified atom stereocenters. The summed E-state index contributed by atoms with van der Waals surface area (Å²) in [4.78, 5) is 38.6. The van der Waals surface area contributed by atoms with Crippen LogP contribution in [-0.4, -0.2) is 62.4 Å². The van der Waals surface area contributed by atoms with E-state index in [0.717, 1.165) is 24.9 Å². The molecule has 1 saturated heterocycles. The van der Waals surface area contributed by atoms with Crippen molar-refractivity contribution >= 4 is 33.7 Å². The van der Waals surface area contributed by atoms with Crippen LogP contribution < -0.4 is 20.3 Å². The fourth-order valence-corrected chi connectivity index (χ4v) is 5.18. The predicted molar refractivity (Wildman–Crippen MR) is 141 cm³/mol. The monoisotopic (exact) mass is 546 g/mol. The molecule has 11 nitrogen and oxygen atoms in total. The number of piperidine rings is 1. The van der Waals surface area contributed by atoms with Crippen molar-refractivity contribution in [2.75, 3.05) is 18.0 Å². The van der Waals surface area contributed by atoms with Crippen molar-refractivity contribution in [2.24, 2.45) is 0 Å². The quantitative estimate of drug-likeness (QED) is 0.374. The highest BCUT2D eigenvalue weighted by atomic mass is 32.2. The topological polar surface area (TPSA) is 154 Å². The Morgan fingerprint density at radius 1 is 1.05 bits per heavy atom. The molecule has 2 aromatic carbocycles. The largest absolute Gasteiger partial charge is 0.480 e. The first-order valence-electron chi connectivity index (χ1n) is 12.3. The summed E-state index contributed by atoms with van der Waals surface area (Å²) in [6.07, 6.45) is 1.89. The van der Waals surface area contributed by atoms with E-state index in [0.29, 0.717) is 6.54 Å². The number of nitrogens with zero attached hydrogens (tertiary/aromatic N) is 1. The van der Waals surface area contributed by atoms with Crippen molar-refractivity contribution in [3.63, 3.8) is 0 Å². The first-order valence-corrected chi connectivity index (χ1v) is 13.8. The zero-order chi connectivity index (χ0) is 27.9. The lowest BCUT2D eigenvalue weighted by atomic mass is 10.1. The molecule has 1 aliphatic heterocycles. The van der Waals surface area contributed by atoms with Crippen molar-refractivity contribution in [1.82, 2.24) is 15.4 Å². The molecule has 0 aromatic heterocycles. The summed E-state index contributed by atoms with van der Waals surface area (Å²) >= 11 is 0. The summed E-state index contributed by atoms with van der Waals surface area (Å²) < 4.78 is 32.5. The number of hydrogen-bond donors (Lipinski definition) is 4. The number of carboxylic acid groups (broad SMARTS) is 1. The third-order valence-electron chi connectivity index (χ3n) is 5.76. The highest BCUT2D eigenvalue weighted by Crippen LogP contribution is 2.24. The third kappa shape index (κ3) is 8.18. The molecule has 2 amide bonds. The van der Waals surface area contributed by atoms with Crippen molar-refractivity contribution in [3.05, 3.63) is 60.2 Å². The number of nitrogens with one attached hydrogen (secondary N) is 3. The molecule has 1 heterocycles. The lowest BCUT2D eigenvalue weighted by Gasteiger charge is -2.38. The van der Waals surface area contributed by atoms with E-state index in [1.807, 2.05) is 4.90 Å². The van der Waals surface area contributed by atoms with Gasteiger partial charge in [0.05, 0.1) is 4.90 Å². The number of amides is 2. The van der Waals surface area contributed by atoms with Gasteiger partial charge in [0.15, 0.2) is 0 Å². The molecule has 4 N–H and O–H groups in total. The van der Waals surface area contributed by atoms with E-state index in [1.165, 1.54) is 24.3 Å². The van der Waals surface area contributed by atoms with E-state index >= 15 is 0 Å². The van der Waals surface area contributed by atoms with Crippen LogP contribution >= 0.6 is 0 Å². The van der Waals surface area contributed by atoms with Crippen LogP contribution in [-0.2, 0) is 19.6 Å². The van der Waals surface area contributed by atoms with E-state index in [9.17, 15) is 27.9 Å². The van der Waals surface area contributed by atoms with Gasteiger partial charge in [-0.15, -0.1) is 0 Å². The Bertz CT molecular complexity index is 1230. The number of carboxylic acids is 1. The Hall–Kier alpha value is -3.64. The van der Waals surface area contributed by atoms with Gasteiger partial charge in [-0.2, -0.15) is 4.72 Å². The first kappa shape index (κ1) is 28.9. The third-order valence-corrected chi connectivity index (χ3v) is 7.25. The molecule has 206 valence electrons. The number of rotatable bonds is 9. The number of ether oxygens (including phenoxy) is 1. The number of carbonyl (C=O) groups is 3. The Balaban J connectivity index is 1.62. The molecule has 1 fully saturated rings. The van der Waals surface area contributed by atoms with Gasteiger partial charge in [0.1, 0.15) is 17.8 Å². The number of anilines is 1. The number of benzene rings is 2. The van der Waals surface area contributed by atoms with Crippen LogP contribution in [0.2, 0.25) is 0 Å². The van der Waals surface area contributed by atoms with Gasteiger partial charge in [-0.1, -0.05) is 18.2 Å². The van der Waals surface area contributed by atoms with E-state index in [1.54, 1.807) is 51.1 Å². The number of aliphatic carboxylic acids is 1. The van der Waals surface area contributed by atoms with E-state index in [2.05, 4.69) is 15.4 Å². The van der Waals surface area contributed by atoms with Crippen LogP contribution in [0.15, 0.2) is 59.5 Å². The van der Waals surface area contributed by atoms with E-state index in [4.69, 9.17) is 4.74 Å². The summed E-state index contributed by atoms with van der Waals surface area (Å²) in [5.74, 6) is -1.97. The minimum absolute atomic E-state index is 0.0784. The highest BCUT2D eigenvalue weighted by molar-refractivity contribution is 7.89. The smallest absolute Gasteiger partial charge is 0.409 e. The molecule has 0 saturated carbocycles. The minimum Gasteiger partial charge on any atom is -0.480 e. The highest BCUT2D eigenvalue weighted by Gasteiger charge is 2.28. The molecular formula is C26H34N4O7S. The van der Waals surface area contributed by atoms with Crippen LogP contribution in [0.4, 0.5) is 10.5 Å². The van der Waals surface area contributed by atoms with Gasteiger partial charge in [-0.05, 0) is 76.4 Å². The van der Waals surface area contributed by atoms with Gasteiger partial charge in [0.25, 0.3) is 5.91 Å². The molecule has 12 heteroatoms. The average molecular weight is 547 g/mol. The van der Waals surface area contributed by atoms with Crippen LogP contribution in [0.3, 0.4) is 0 Å². The van der Waals surface area contributed by atoms with E-state index < -0.39 is 46.2 Å². The molecule has 0 bridgehead atoms. The summed E-state index contributed by atoms with van der Waals surface area (Å²) in [5, 5.41) is 14.9. The van der Waals surface area contributed by atoms with Gasteiger partial charge in [0, 0.05) is 24.3 Å². The van der Waals surface area contributed by atoms with Crippen LogP contribution in [0, 0.1) is 0 Å². The standard InChI is InChI=1S/C26H34N4O7S/c1-26(2,3)37-25(34)28-22-11-7-8-16-30(22)19-14-12-18(13-15-19)23(31)27-17-21(24(32)33)29-38(35,36)20-9-5-4-6-10-20/h4-6,9-10,12-15,21-22,29H,7-8,11,16-17H2,1-3H3,(H,27,31)(H,28,34)(H,32,33)/t21-,22?/m0/s1. The zero-order valence-corrected chi connectivity index (χ0v) is 22.5. The molecule has 0 radical (unpaired) electrons. The fourth-order valence-electron chi connectivity index (χ4n) is 3.97. The van der Waals surface area contributed by atoms with Crippen LogP contribution in [0.25, 0.3) is 0 Å². The van der Waals surface area contributed by atoms with Crippen LogP contribution in [0.1, 0.15) is 50.4 Å². The molecule has 38 heavy (non-hydrogen) atoms. The average Bonchev–Trinajstić information content (AvgIpc) is 2.86. The maximum atomic E-state index is 12.7. The maximum absolute atomic E-state index is 12.7. The number of sulfonamides is 1. The van der Waals surface area contributed by atoms with Crippen LogP contribution in [0.5, 0.6) is 0 Å². The number of alkyl carbamates (subject to hydrolysis) is 1. The zero-order valence-electron chi connectivity index (χ0n) is 21.6. The number of carbonyl (C=O) groups excluding carboxylic acids is 2. The van der Waals surface area contributed by atoms with Crippen molar-refractivity contribution in [1.29, 1.82) is 0 Å². The Labute approximate surface area is 222 Å². The second-order valence-corrected chi connectivity index (χ2v) is 11.6. The molecule has 3 rings (SSSR count). The molecule has 0 aliphatic carbocycles. The summed E-state index contributed by atoms with van der Waals surface area (Å²) in [6.45, 7) is 5.66. The predicted octanol–water partition coefficient (Wildman–Crippen LogP) is 2.69. The van der Waals surface area contributed by atoms with Gasteiger partial charge < -0.3 is 25.4 Å². The van der Waals surface area contributed by atoms with Gasteiger partial charge in [0.2, 0.25) is 10.0 Å². The lowest BCUT2D eigenvalue weighted by molar-refractivity contribution is -0.138. The first-order chi connectivity index (χ1) is 17.9. The SMILES string of the molecule is CC(C)(C)OC(=O)NC1CCCCN1c1ccc(C(=O)NC[C@H](NS(=O)(=O)c2ccccc2)C(=O)O)cc1. The summed E-state index contributed by atoms with van der Waals surface area (Å²) in [7, 11) is -4.09. The van der Waals surface area contributed by atoms with E-state index in [-0.39, 0.29) is 16.6 Å². The fraction of sp³-hybridized carbons (Fsp3) is 0.423. The van der Waals surface area contributed by atoms with Gasteiger partial charge >= 0.3 is 12.1 Å². The molecule has 1 aliphatic rings. The molecular weight excluding hydrogens is 512 g/mol. The second-order valence-electron chi connectivity index (χ2n) is 9.93. The maximum Gasteiger partial charge on any atom is 0.409 e. The summed E-state index contributed by atoms with van der Waals surface area (Å²) in [6, 6.07) is 12.5. The van der Waals surface area contributed by atoms with Gasteiger partial charge in [-0.25, -0.2) is 13.2 Å². The second kappa shape index (κ2) is 12.3. The summed E-state index contributed by atoms with van der Waals surface area (Å²) in [5.41, 5.74) is 0.471. The van der Waals surface area contributed by atoms with Crippen molar-refractivity contribution in [3.8, 4) is 0 Å². The Morgan fingerprint density at radius 3 is 2.32 bits per heavy atom. The molecule has 2 aromatic rings. The Morgan fingerprint density at radius 2 is 1.71 bits per heavy atom. The molecule has 0 spiro atoms. The lowest BCUT2D eigenvalue weighted by Crippen LogP contribution is -2.52. The number of hydrogen-bond acceptors (Lipinski definition) is 7. The van der Waals surface area contributed by atoms with Gasteiger partial charge in [-0.3, -0.25) is 9.59 Å². The normalized spacial score (nSPS) is 16.8. The minimum atomic E-state index is -4.09. The van der Waals surface area contributed by atoms with Crippen molar-refractivity contribution < 1.29 is 32.6 Å². The van der Waals surface area contributed by atoms with Crippen molar-refractivity contribution in [2.45, 2.75) is 62.7 Å². The molecule has 2 atom stereocenters. The Kier molecular flexibility index (Phi) is 9.34.